The highest BCUT2D eigenvalue weighted by atomic mass is 19.2. The van der Waals surface area contributed by atoms with Crippen LogP contribution in [-0.2, 0) is 11.3 Å². The molecule has 4 nitrogen and oxygen atoms in total. The molecule has 1 aromatic heterocycles. The van der Waals surface area contributed by atoms with E-state index in [0.29, 0.717) is 30.0 Å². The van der Waals surface area contributed by atoms with Crippen LogP contribution < -0.4 is 0 Å². The van der Waals surface area contributed by atoms with Crippen LogP contribution in [0, 0.1) is 11.6 Å². The molecular weight excluding hydrogens is 276 g/mol. The maximum atomic E-state index is 13.3. The monoisotopic (exact) mass is 293 g/mol. The lowest BCUT2D eigenvalue weighted by molar-refractivity contribution is -0.131. The average Bonchev–Trinajstić information content (AvgIpc) is 3.04. The number of nitrogens with zero attached hydrogens (tertiary/aromatic N) is 3. The molecule has 6 heteroatoms. The fourth-order valence-electron chi connectivity index (χ4n) is 2.90. The molecule has 2 aromatic rings. The summed E-state index contributed by atoms with van der Waals surface area (Å²) in [5.41, 5.74) is 0.909. The van der Waals surface area contributed by atoms with Gasteiger partial charge in [0.2, 0.25) is 5.91 Å². The summed E-state index contributed by atoms with van der Waals surface area (Å²) in [5.74, 6) is -1.71. The van der Waals surface area contributed by atoms with Crippen molar-refractivity contribution in [2.45, 2.75) is 38.8 Å². The summed E-state index contributed by atoms with van der Waals surface area (Å²) in [6, 6.07) is 2.50. The summed E-state index contributed by atoms with van der Waals surface area (Å²) in [6.07, 6.45) is 3.95. The highest BCUT2D eigenvalue weighted by Gasteiger charge is 2.24. The Labute approximate surface area is 121 Å². The van der Waals surface area contributed by atoms with Crippen LogP contribution in [0.25, 0.3) is 11.0 Å². The molecule has 1 aliphatic rings. The number of imidazole rings is 1. The van der Waals surface area contributed by atoms with E-state index >= 15 is 0 Å². The fourth-order valence-corrected chi connectivity index (χ4v) is 2.90. The third kappa shape index (κ3) is 2.62. The number of hydrogen-bond acceptors (Lipinski definition) is 2. The van der Waals surface area contributed by atoms with Crippen molar-refractivity contribution in [1.82, 2.24) is 14.5 Å². The Bertz CT molecular complexity index is 683. The second-order valence-electron chi connectivity index (χ2n) is 5.52. The number of carbonyl (C=O) groups excluding carboxylic acids is 1. The van der Waals surface area contributed by atoms with Gasteiger partial charge in [-0.25, -0.2) is 13.8 Å². The summed E-state index contributed by atoms with van der Waals surface area (Å²) in [5, 5.41) is 0. The lowest BCUT2D eigenvalue weighted by Crippen LogP contribution is -2.34. The maximum Gasteiger partial charge on any atom is 0.224 e. The quantitative estimate of drug-likeness (QED) is 0.872. The lowest BCUT2D eigenvalue weighted by atomic mass is 10.2. The molecule has 3 rings (SSSR count). The number of amides is 1. The van der Waals surface area contributed by atoms with E-state index in [4.69, 9.17) is 0 Å². The van der Waals surface area contributed by atoms with Gasteiger partial charge in [0.1, 0.15) is 0 Å². The van der Waals surface area contributed by atoms with Gasteiger partial charge in [0.25, 0.3) is 0 Å². The summed E-state index contributed by atoms with van der Waals surface area (Å²) in [4.78, 5) is 18.1. The second-order valence-corrected chi connectivity index (χ2v) is 5.52. The molecule has 1 amide bonds. The highest BCUT2D eigenvalue weighted by Crippen LogP contribution is 2.20. The molecule has 1 aliphatic heterocycles. The summed E-state index contributed by atoms with van der Waals surface area (Å²) < 4.78 is 28.1. The first-order valence-corrected chi connectivity index (χ1v) is 7.15. The molecule has 2 heterocycles. The smallest absolute Gasteiger partial charge is 0.224 e. The molecule has 0 aliphatic carbocycles. The molecule has 0 spiro atoms. The van der Waals surface area contributed by atoms with Crippen molar-refractivity contribution in [2.75, 3.05) is 6.54 Å². The van der Waals surface area contributed by atoms with Crippen LogP contribution in [0.5, 0.6) is 0 Å². The van der Waals surface area contributed by atoms with Gasteiger partial charge in [-0.05, 0) is 19.8 Å². The van der Waals surface area contributed by atoms with Gasteiger partial charge in [-0.15, -0.1) is 0 Å². The standard InChI is InChI=1S/C15H17F2N3O/c1-10-3-2-5-20(10)15(21)4-6-19-9-18-13-7-11(16)12(17)8-14(13)19/h7-10H,2-6H2,1H3. The molecule has 0 N–H and O–H groups in total. The van der Waals surface area contributed by atoms with E-state index < -0.39 is 11.6 Å². The number of rotatable bonds is 3. The van der Waals surface area contributed by atoms with E-state index in [1.807, 2.05) is 4.90 Å². The molecule has 112 valence electrons. The SMILES string of the molecule is CC1CCCN1C(=O)CCn1cnc2cc(F)c(F)cc21. The molecule has 0 bridgehead atoms. The minimum absolute atomic E-state index is 0.101. The Morgan fingerprint density at radius 2 is 2.14 bits per heavy atom. The summed E-state index contributed by atoms with van der Waals surface area (Å²) in [6.45, 7) is 3.28. The predicted octanol–water partition coefficient (Wildman–Crippen LogP) is 2.72. The van der Waals surface area contributed by atoms with E-state index in [-0.39, 0.29) is 5.91 Å². The van der Waals surface area contributed by atoms with E-state index in [1.165, 1.54) is 6.33 Å². The van der Waals surface area contributed by atoms with Crippen molar-refractivity contribution in [3.05, 3.63) is 30.1 Å². The van der Waals surface area contributed by atoms with Gasteiger partial charge in [0.05, 0.1) is 17.4 Å². The van der Waals surface area contributed by atoms with Gasteiger partial charge in [0, 0.05) is 37.7 Å². The number of aromatic nitrogens is 2. The lowest BCUT2D eigenvalue weighted by Gasteiger charge is -2.21. The topological polar surface area (TPSA) is 38.1 Å². The van der Waals surface area contributed by atoms with Crippen molar-refractivity contribution in [3.63, 3.8) is 0 Å². The number of hydrogen-bond donors (Lipinski definition) is 0. The first kappa shape index (κ1) is 14.0. The van der Waals surface area contributed by atoms with Gasteiger partial charge < -0.3 is 9.47 Å². The van der Waals surface area contributed by atoms with Crippen LogP contribution in [0.3, 0.4) is 0 Å². The normalized spacial score (nSPS) is 18.6. The van der Waals surface area contributed by atoms with Crippen molar-refractivity contribution in [3.8, 4) is 0 Å². The Kier molecular flexibility index (Phi) is 3.61. The zero-order valence-corrected chi connectivity index (χ0v) is 11.9. The molecule has 1 fully saturated rings. The highest BCUT2D eigenvalue weighted by molar-refractivity contribution is 5.78. The van der Waals surface area contributed by atoms with E-state index in [9.17, 15) is 13.6 Å². The van der Waals surface area contributed by atoms with Crippen LogP contribution in [0.1, 0.15) is 26.2 Å². The number of benzene rings is 1. The van der Waals surface area contributed by atoms with Crippen LogP contribution in [0.4, 0.5) is 8.78 Å². The Hall–Kier alpha value is -1.98. The van der Waals surface area contributed by atoms with E-state index in [1.54, 1.807) is 4.57 Å². The van der Waals surface area contributed by atoms with Gasteiger partial charge >= 0.3 is 0 Å². The van der Waals surface area contributed by atoms with Gasteiger partial charge in [-0.2, -0.15) is 0 Å². The first-order chi connectivity index (χ1) is 10.1. The Morgan fingerprint density at radius 1 is 1.38 bits per heavy atom. The Balaban J connectivity index is 1.73. The van der Waals surface area contributed by atoms with Crippen molar-refractivity contribution < 1.29 is 13.6 Å². The molecule has 0 radical (unpaired) electrons. The minimum Gasteiger partial charge on any atom is -0.340 e. The molecule has 1 atom stereocenters. The molecular formula is C15H17F2N3O. The molecule has 1 aromatic carbocycles. The van der Waals surface area contributed by atoms with Gasteiger partial charge in [0.15, 0.2) is 11.6 Å². The predicted molar refractivity (Wildman–Crippen MR) is 74.7 cm³/mol. The third-order valence-electron chi connectivity index (χ3n) is 4.10. The first-order valence-electron chi connectivity index (χ1n) is 7.15. The van der Waals surface area contributed by atoms with Crippen LogP contribution in [0.15, 0.2) is 18.5 Å². The van der Waals surface area contributed by atoms with Crippen LogP contribution in [0.2, 0.25) is 0 Å². The maximum absolute atomic E-state index is 13.3. The fraction of sp³-hybridized carbons (Fsp3) is 0.467. The largest absolute Gasteiger partial charge is 0.340 e. The zero-order valence-electron chi connectivity index (χ0n) is 11.9. The van der Waals surface area contributed by atoms with Gasteiger partial charge in [-0.3, -0.25) is 4.79 Å². The minimum atomic E-state index is -0.908. The third-order valence-corrected chi connectivity index (χ3v) is 4.10. The molecule has 1 saturated heterocycles. The molecule has 0 saturated carbocycles. The van der Waals surface area contributed by atoms with Crippen molar-refractivity contribution >= 4 is 16.9 Å². The Morgan fingerprint density at radius 3 is 2.86 bits per heavy atom. The van der Waals surface area contributed by atoms with Gasteiger partial charge in [-0.1, -0.05) is 0 Å². The number of fused-ring (bicyclic) bond motifs is 1. The van der Waals surface area contributed by atoms with E-state index in [0.717, 1.165) is 31.5 Å². The summed E-state index contributed by atoms with van der Waals surface area (Å²) in [7, 11) is 0. The second kappa shape index (κ2) is 5.42. The zero-order chi connectivity index (χ0) is 15.0. The van der Waals surface area contributed by atoms with Crippen LogP contribution in [-0.4, -0.2) is 32.9 Å². The average molecular weight is 293 g/mol. The van der Waals surface area contributed by atoms with Crippen LogP contribution >= 0.6 is 0 Å². The van der Waals surface area contributed by atoms with Crippen molar-refractivity contribution in [2.24, 2.45) is 0 Å². The number of likely N-dealkylation sites (tertiary alicyclic amines) is 1. The summed E-state index contributed by atoms with van der Waals surface area (Å²) >= 11 is 0. The number of aryl methyl sites for hydroxylation is 1. The number of halogens is 2. The number of carbonyl (C=O) groups is 1. The van der Waals surface area contributed by atoms with E-state index in [2.05, 4.69) is 11.9 Å². The molecule has 1 unspecified atom stereocenters. The molecule has 21 heavy (non-hydrogen) atoms. The van der Waals surface area contributed by atoms with Crippen molar-refractivity contribution in [1.29, 1.82) is 0 Å².